The van der Waals surface area contributed by atoms with Gasteiger partial charge in [-0.25, -0.2) is 9.59 Å². The van der Waals surface area contributed by atoms with Crippen LogP contribution in [0.2, 0.25) is 0 Å². The van der Waals surface area contributed by atoms with Crippen molar-refractivity contribution in [2.45, 2.75) is 52.1 Å². The molecule has 0 aliphatic carbocycles. The van der Waals surface area contributed by atoms with E-state index in [2.05, 4.69) is 0 Å². The smallest absolute Gasteiger partial charge is 0.410 e. The number of hydroxylamine groups is 2. The maximum atomic E-state index is 12.0. The number of carbonyl (C=O) groups excluding carboxylic acids is 4. The van der Waals surface area contributed by atoms with Crippen molar-refractivity contribution < 1.29 is 28.8 Å². The van der Waals surface area contributed by atoms with Gasteiger partial charge in [0.2, 0.25) is 0 Å². The number of ether oxygens (including phenoxy) is 1. The number of rotatable bonds is 2. The Bertz CT molecular complexity index is 501. The quantitative estimate of drug-likeness (QED) is 0.709. The third kappa shape index (κ3) is 4.43. The summed E-state index contributed by atoms with van der Waals surface area (Å²) in [6.45, 7) is 6.12. The van der Waals surface area contributed by atoms with Crippen LogP contribution in [-0.4, -0.2) is 52.5 Å². The summed E-state index contributed by atoms with van der Waals surface area (Å²) in [4.78, 5) is 53.3. The average Bonchev–Trinajstić information content (AvgIpc) is 2.77. The van der Waals surface area contributed by atoms with Crippen molar-refractivity contribution in [3.63, 3.8) is 0 Å². The first-order valence-corrected chi connectivity index (χ1v) is 7.73. The average molecular weight is 326 g/mol. The molecule has 0 spiro atoms. The van der Waals surface area contributed by atoms with E-state index in [0.29, 0.717) is 31.0 Å². The van der Waals surface area contributed by atoms with Gasteiger partial charge in [0, 0.05) is 25.9 Å². The number of likely N-dealkylation sites (tertiary alicyclic amines) is 1. The van der Waals surface area contributed by atoms with E-state index in [1.165, 1.54) is 0 Å². The molecular formula is C15H22N2O6. The molecule has 3 amide bonds. The number of hydrogen-bond donors (Lipinski definition) is 0. The minimum atomic E-state index is -0.600. The zero-order chi connectivity index (χ0) is 17.2. The van der Waals surface area contributed by atoms with Gasteiger partial charge >= 0.3 is 12.1 Å². The van der Waals surface area contributed by atoms with Crippen LogP contribution < -0.4 is 0 Å². The van der Waals surface area contributed by atoms with E-state index >= 15 is 0 Å². The van der Waals surface area contributed by atoms with Crippen LogP contribution in [0.4, 0.5) is 4.79 Å². The van der Waals surface area contributed by atoms with Crippen LogP contribution in [0, 0.1) is 5.92 Å². The highest BCUT2D eigenvalue weighted by molar-refractivity contribution is 6.01. The van der Waals surface area contributed by atoms with Crippen molar-refractivity contribution in [1.29, 1.82) is 0 Å². The first-order valence-electron chi connectivity index (χ1n) is 7.73. The molecule has 0 aromatic carbocycles. The minimum Gasteiger partial charge on any atom is -0.444 e. The standard InChI is InChI=1S/C15H22N2O6/c1-15(2,3)22-14(21)16-8-6-10(7-9-16)13(20)23-17-11(18)4-5-12(17)19/h10H,4-9H2,1-3H3. The predicted molar refractivity (Wildman–Crippen MR) is 77.7 cm³/mol. The lowest BCUT2D eigenvalue weighted by molar-refractivity contribution is -0.201. The lowest BCUT2D eigenvalue weighted by atomic mass is 9.97. The Morgan fingerprint density at radius 2 is 1.57 bits per heavy atom. The van der Waals surface area contributed by atoms with E-state index in [9.17, 15) is 19.2 Å². The molecule has 0 unspecified atom stereocenters. The molecule has 8 heteroatoms. The summed E-state index contributed by atoms with van der Waals surface area (Å²) >= 11 is 0. The second-order valence-corrected chi connectivity index (χ2v) is 6.73. The van der Waals surface area contributed by atoms with Crippen molar-refractivity contribution in [3.05, 3.63) is 0 Å². The summed E-state index contributed by atoms with van der Waals surface area (Å²) in [7, 11) is 0. The molecule has 0 atom stereocenters. The molecule has 0 saturated carbocycles. The Balaban J connectivity index is 1.82. The highest BCUT2D eigenvalue weighted by Crippen LogP contribution is 2.22. The van der Waals surface area contributed by atoms with Crippen LogP contribution in [0.15, 0.2) is 0 Å². The van der Waals surface area contributed by atoms with E-state index in [0.717, 1.165) is 0 Å². The van der Waals surface area contributed by atoms with Crippen LogP contribution in [0.5, 0.6) is 0 Å². The van der Waals surface area contributed by atoms with E-state index < -0.39 is 35.4 Å². The maximum Gasteiger partial charge on any atom is 0.410 e. The van der Waals surface area contributed by atoms with Gasteiger partial charge in [0.1, 0.15) is 5.60 Å². The van der Waals surface area contributed by atoms with Crippen LogP contribution in [0.3, 0.4) is 0 Å². The van der Waals surface area contributed by atoms with Crippen molar-refractivity contribution in [1.82, 2.24) is 9.96 Å². The van der Waals surface area contributed by atoms with Gasteiger partial charge in [0.15, 0.2) is 0 Å². The highest BCUT2D eigenvalue weighted by Gasteiger charge is 2.36. The summed E-state index contributed by atoms with van der Waals surface area (Å²) in [5, 5.41) is 0.558. The number of amides is 3. The van der Waals surface area contributed by atoms with E-state index in [4.69, 9.17) is 9.57 Å². The van der Waals surface area contributed by atoms with Gasteiger partial charge in [-0.15, -0.1) is 5.06 Å². The largest absolute Gasteiger partial charge is 0.444 e. The molecule has 2 aliphatic rings. The van der Waals surface area contributed by atoms with Crippen molar-refractivity contribution >= 4 is 23.9 Å². The number of piperidine rings is 1. The topological polar surface area (TPSA) is 93.2 Å². The third-order valence-corrected chi connectivity index (χ3v) is 3.67. The number of carbonyl (C=O) groups is 4. The fourth-order valence-corrected chi connectivity index (χ4v) is 2.45. The molecule has 0 aromatic heterocycles. The van der Waals surface area contributed by atoms with Crippen LogP contribution in [0.1, 0.15) is 46.5 Å². The SMILES string of the molecule is CC(C)(C)OC(=O)N1CCC(C(=O)ON2C(=O)CCC2=O)CC1. The van der Waals surface area contributed by atoms with Gasteiger partial charge in [-0.2, -0.15) is 0 Å². The first-order chi connectivity index (χ1) is 10.7. The molecular weight excluding hydrogens is 304 g/mol. The van der Waals surface area contributed by atoms with Crippen LogP contribution >= 0.6 is 0 Å². The Morgan fingerprint density at radius 3 is 2.04 bits per heavy atom. The van der Waals surface area contributed by atoms with Gasteiger partial charge in [0.05, 0.1) is 5.92 Å². The molecule has 2 heterocycles. The molecule has 0 N–H and O–H groups in total. The van der Waals surface area contributed by atoms with Gasteiger partial charge in [-0.1, -0.05) is 0 Å². The highest BCUT2D eigenvalue weighted by atomic mass is 16.7. The second kappa shape index (κ2) is 6.55. The van der Waals surface area contributed by atoms with Crippen molar-refractivity contribution in [2.75, 3.05) is 13.1 Å². The Hall–Kier alpha value is -2.12. The molecule has 8 nitrogen and oxygen atoms in total. The van der Waals surface area contributed by atoms with E-state index in [1.54, 1.807) is 25.7 Å². The summed E-state index contributed by atoms with van der Waals surface area (Å²) < 4.78 is 5.28. The lowest BCUT2D eigenvalue weighted by Gasteiger charge is -2.32. The summed E-state index contributed by atoms with van der Waals surface area (Å²) in [6.07, 6.45) is 0.559. The van der Waals surface area contributed by atoms with Gasteiger partial charge in [0.25, 0.3) is 11.8 Å². The third-order valence-electron chi connectivity index (χ3n) is 3.67. The fourth-order valence-electron chi connectivity index (χ4n) is 2.45. The Labute approximate surface area is 134 Å². The van der Waals surface area contributed by atoms with Crippen molar-refractivity contribution in [3.8, 4) is 0 Å². The normalized spacial score (nSPS) is 20.0. The molecule has 2 saturated heterocycles. The summed E-state index contributed by atoms with van der Waals surface area (Å²) in [6, 6.07) is 0. The molecule has 23 heavy (non-hydrogen) atoms. The first kappa shape index (κ1) is 17.2. The van der Waals surface area contributed by atoms with E-state index in [1.807, 2.05) is 0 Å². The molecule has 2 rings (SSSR count). The predicted octanol–water partition coefficient (Wildman–Crippen LogP) is 1.24. The summed E-state index contributed by atoms with van der Waals surface area (Å²) in [5.41, 5.74) is -0.566. The Kier molecular flexibility index (Phi) is 4.91. The number of hydrogen-bond acceptors (Lipinski definition) is 6. The second-order valence-electron chi connectivity index (χ2n) is 6.73. The molecule has 128 valence electrons. The molecule has 2 fully saturated rings. The summed E-state index contributed by atoms with van der Waals surface area (Å²) in [5.74, 6) is -2.02. The zero-order valence-corrected chi connectivity index (χ0v) is 13.7. The monoisotopic (exact) mass is 326 g/mol. The maximum absolute atomic E-state index is 12.0. The zero-order valence-electron chi connectivity index (χ0n) is 13.7. The molecule has 0 radical (unpaired) electrons. The number of imide groups is 1. The van der Waals surface area contributed by atoms with Crippen LogP contribution in [0.25, 0.3) is 0 Å². The van der Waals surface area contributed by atoms with Gasteiger partial charge in [-0.05, 0) is 33.6 Å². The molecule has 0 bridgehead atoms. The lowest BCUT2D eigenvalue weighted by Crippen LogP contribution is -2.44. The van der Waals surface area contributed by atoms with Gasteiger partial charge < -0.3 is 14.5 Å². The fraction of sp³-hybridized carbons (Fsp3) is 0.733. The van der Waals surface area contributed by atoms with Gasteiger partial charge in [-0.3, -0.25) is 9.59 Å². The van der Waals surface area contributed by atoms with Crippen LogP contribution in [-0.2, 0) is 24.0 Å². The van der Waals surface area contributed by atoms with E-state index in [-0.39, 0.29) is 12.8 Å². The molecule has 0 aromatic rings. The molecule has 2 aliphatic heterocycles. The number of nitrogens with zero attached hydrogens (tertiary/aromatic N) is 2. The minimum absolute atomic E-state index is 0.0726. The Morgan fingerprint density at radius 1 is 1.04 bits per heavy atom. The van der Waals surface area contributed by atoms with Crippen molar-refractivity contribution in [2.24, 2.45) is 5.92 Å².